The Morgan fingerprint density at radius 3 is 2.57 bits per heavy atom. The number of hydrogen-bond donors (Lipinski definition) is 1. The van der Waals surface area contributed by atoms with Crippen LogP contribution in [0.25, 0.3) is 0 Å². The molecule has 1 N–H and O–H groups in total. The lowest BCUT2D eigenvalue weighted by Crippen LogP contribution is -2.46. The predicted molar refractivity (Wildman–Crippen MR) is 141 cm³/mol. The van der Waals surface area contributed by atoms with Crippen LogP contribution in [-0.4, -0.2) is 33.7 Å². The number of carbonyl (C=O) groups excluding carboxylic acids is 2. The number of alkyl halides is 3. The molecule has 1 fully saturated rings. The molecule has 1 saturated heterocycles. The Labute approximate surface area is 221 Å². The van der Waals surface area contributed by atoms with Crippen LogP contribution in [0, 0.1) is 6.92 Å². The number of nitrogens with zero attached hydrogens (tertiary/aromatic N) is 2. The number of nitrogens with one attached hydrogen (secondary N) is 1. The summed E-state index contributed by atoms with van der Waals surface area (Å²) in [6, 6.07) is 19.2. The van der Waals surface area contributed by atoms with Crippen molar-refractivity contribution in [2.24, 2.45) is 4.99 Å². The Balaban J connectivity index is 1.60. The minimum Gasteiger partial charge on any atom is -0.325 e. The first-order chi connectivity index (χ1) is 17.6. The monoisotopic (exact) mass is 545 g/mol. The predicted octanol–water partition coefficient (Wildman–Crippen LogP) is 6.87. The van der Waals surface area contributed by atoms with E-state index < -0.39 is 22.9 Å². The van der Waals surface area contributed by atoms with E-state index in [0.29, 0.717) is 17.1 Å². The third-order valence-corrected chi connectivity index (χ3v) is 7.33. The quantitative estimate of drug-likeness (QED) is 0.368. The summed E-state index contributed by atoms with van der Waals surface area (Å²) < 4.78 is 39.7. The van der Waals surface area contributed by atoms with E-state index in [0.717, 1.165) is 35.0 Å². The molecule has 2 amide bonds. The highest BCUT2D eigenvalue weighted by Crippen LogP contribution is 2.34. The van der Waals surface area contributed by atoms with Crippen LogP contribution >= 0.6 is 23.4 Å². The molecule has 0 aromatic heterocycles. The Bertz CT molecular complexity index is 1330. The number of carbonyl (C=O) groups is 2. The molecule has 5 nitrogen and oxygen atoms in total. The standard InChI is InChI=1S/C27H23ClF3N3O2S/c1-17-10-11-21(15-22(17)28)32-25(36)23-16-24(35)34(13-12-18-6-3-2-4-7-18)26(37-23)33-20-9-5-8-19(14-20)27(29,30)31/h2-11,14-15,23H,12-13,16H2,1H3,(H,32,36). The second-order valence-corrected chi connectivity index (χ2v) is 10.1. The van der Waals surface area contributed by atoms with Crippen molar-refractivity contribution < 1.29 is 22.8 Å². The largest absolute Gasteiger partial charge is 0.416 e. The molecule has 3 aromatic rings. The molecule has 0 aliphatic carbocycles. The average Bonchev–Trinajstić information content (AvgIpc) is 2.86. The summed E-state index contributed by atoms with van der Waals surface area (Å²) in [5.41, 5.74) is 1.53. The van der Waals surface area contributed by atoms with Crippen molar-refractivity contribution in [3.8, 4) is 0 Å². The number of amides is 2. The molecule has 0 radical (unpaired) electrons. The van der Waals surface area contributed by atoms with E-state index in [9.17, 15) is 22.8 Å². The van der Waals surface area contributed by atoms with Crippen molar-refractivity contribution >= 4 is 51.7 Å². The van der Waals surface area contributed by atoms with Crippen LogP contribution in [0.1, 0.15) is 23.1 Å². The van der Waals surface area contributed by atoms with Crippen LogP contribution in [0.2, 0.25) is 5.02 Å². The van der Waals surface area contributed by atoms with Crippen LogP contribution < -0.4 is 5.32 Å². The van der Waals surface area contributed by atoms with Gasteiger partial charge in [-0.1, -0.05) is 65.8 Å². The zero-order chi connectivity index (χ0) is 26.6. The van der Waals surface area contributed by atoms with Gasteiger partial charge in [-0.3, -0.25) is 14.5 Å². The number of aryl methyl sites for hydroxylation is 1. The van der Waals surface area contributed by atoms with Gasteiger partial charge >= 0.3 is 6.18 Å². The SMILES string of the molecule is Cc1ccc(NC(=O)C2CC(=O)N(CCc3ccccc3)C(=Nc3cccc(C(F)(F)F)c3)S2)cc1Cl. The first kappa shape index (κ1) is 26.8. The molecule has 1 heterocycles. The highest BCUT2D eigenvalue weighted by molar-refractivity contribution is 8.15. The topological polar surface area (TPSA) is 61.8 Å². The number of aliphatic imine (C=N–C) groups is 1. The smallest absolute Gasteiger partial charge is 0.325 e. The summed E-state index contributed by atoms with van der Waals surface area (Å²) in [7, 11) is 0. The van der Waals surface area contributed by atoms with Crippen molar-refractivity contribution in [3.05, 3.63) is 94.5 Å². The normalized spacial score (nSPS) is 17.2. The van der Waals surface area contributed by atoms with Gasteiger partial charge in [0.05, 0.1) is 11.3 Å². The van der Waals surface area contributed by atoms with E-state index in [4.69, 9.17) is 11.6 Å². The average molecular weight is 546 g/mol. The lowest BCUT2D eigenvalue weighted by atomic mass is 10.1. The molecule has 1 unspecified atom stereocenters. The van der Waals surface area contributed by atoms with Gasteiger partial charge in [0, 0.05) is 23.7 Å². The number of anilines is 1. The highest BCUT2D eigenvalue weighted by atomic mass is 35.5. The minimum atomic E-state index is -4.53. The van der Waals surface area contributed by atoms with E-state index in [1.165, 1.54) is 17.0 Å². The van der Waals surface area contributed by atoms with Crippen LogP contribution in [0.4, 0.5) is 24.5 Å². The molecule has 1 aliphatic heterocycles. The Morgan fingerprint density at radius 2 is 1.86 bits per heavy atom. The van der Waals surface area contributed by atoms with Crippen molar-refractivity contribution in [3.63, 3.8) is 0 Å². The molecule has 0 saturated carbocycles. The third-order valence-electron chi connectivity index (χ3n) is 5.74. The van der Waals surface area contributed by atoms with Gasteiger partial charge in [-0.25, -0.2) is 4.99 Å². The highest BCUT2D eigenvalue weighted by Gasteiger charge is 2.36. The maximum atomic E-state index is 13.2. The van der Waals surface area contributed by atoms with E-state index in [1.54, 1.807) is 18.2 Å². The van der Waals surface area contributed by atoms with Crippen LogP contribution in [0.15, 0.2) is 77.8 Å². The van der Waals surface area contributed by atoms with Gasteiger partial charge in [-0.2, -0.15) is 13.2 Å². The molecular weight excluding hydrogens is 523 g/mol. The first-order valence-corrected chi connectivity index (χ1v) is 12.7. The second kappa shape index (κ2) is 11.4. The van der Waals surface area contributed by atoms with Gasteiger partial charge < -0.3 is 5.32 Å². The van der Waals surface area contributed by atoms with Crippen molar-refractivity contribution in [1.29, 1.82) is 0 Å². The summed E-state index contributed by atoms with van der Waals surface area (Å²) in [5, 5.41) is 2.62. The minimum absolute atomic E-state index is 0.0428. The van der Waals surface area contributed by atoms with Crippen molar-refractivity contribution in [1.82, 2.24) is 4.90 Å². The Kier molecular flexibility index (Phi) is 8.24. The molecule has 0 bridgehead atoms. The van der Waals surface area contributed by atoms with Gasteiger partial charge in [-0.05, 0) is 54.8 Å². The van der Waals surface area contributed by atoms with Gasteiger partial charge in [0.1, 0.15) is 5.25 Å². The molecule has 37 heavy (non-hydrogen) atoms. The Hall–Kier alpha value is -3.30. The lowest BCUT2D eigenvalue weighted by molar-refractivity contribution is -0.137. The van der Waals surface area contributed by atoms with E-state index >= 15 is 0 Å². The van der Waals surface area contributed by atoms with Gasteiger partial charge in [0.25, 0.3) is 0 Å². The number of amidine groups is 1. The molecule has 192 valence electrons. The molecular formula is C27H23ClF3N3O2S. The van der Waals surface area contributed by atoms with Gasteiger partial charge in [0.2, 0.25) is 11.8 Å². The summed E-state index contributed by atoms with van der Waals surface area (Å²) in [4.78, 5) is 32.0. The molecule has 4 rings (SSSR count). The maximum absolute atomic E-state index is 13.2. The van der Waals surface area contributed by atoms with Crippen LogP contribution in [0.3, 0.4) is 0 Å². The number of thioether (sulfide) groups is 1. The molecule has 0 spiro atoms. The lowest BCUT2D eigenvalue weighted by Gasteiger charge is -2.32. The number of halogens is 4. The zero-order valence-electron chi connectivity index (χ0n) is 19.8. The third kappa shape index (κ3) is 6.93. The first-order valence-electron chi connectivity index (χ1n) is 11.4. The summed E-state index contributed by atoms with van der Waals surface area (Å²) in [6.07, 6.45) is -4.09. The second-order valence-electron chi connectivity index (χ2n) is 8.49. The molecule has 1 atom stereocenters. The van der Waals surface area contributed by atoms with Crippen LogP contribution in [0.5, 0.6) is 0 Å². The summed E-state index contributed by atoms with van der Waals surface area (Å²) in [6.45, 7) is 2.11. The fourth-order valence-electron chi connectivity index (χ4n) is 3.70. The van der Waals surface area contributed by atoms with E-state index in [2.05, 4.69) is 10.3 Å². The van der Waals surface area contributed by atoms with E-state index in [-0.39, 0.29) is 29.7 Å². The van der Waals surface area contributed by atoms with Crippen molar-refractivity contribution in [2.75, 3.05) is 11.9 Å². The number of rotatable bonds is 6. The number of benzene rings is 3. The number of hydrogen-bond acceptors (Lipinski definition) is 4. The summed E-state index contributed by atoms with van der Waals surface area (Å²) in [5.74, 6) is -0.750. The fraction of sp³-hybridized carbons (Fsp3) is 0.222. The zero-order valence-corrected chi connectivity index (χ0v) is 21.3. The molecule has 3 aromatic carbocycles. The van der Waals surface area contributed by atoms with E-state index in [1.807, 2.05) is 37.3 Å². The molecule has 1 aliphatic rings. The Morgan fingerprint density at radius 1 is 1.11 bits per heavy atom. The van der Waals surface area contributed by atoms with Crippen molar-refractivity contribution in [2.45, 2.75) is 31.2 Å². The fourth-order valence-corrected chi connectivity index (χ4v) is 5.01. The maximum Gasteiger partial charge on any atom is 0.416 e. The molecule has 10 heteroatoms. The van der Waals surface area contributed by atoms with Crippen LogP contribution in [-0.2, 0) is 22.2 Å². The van der Waals surface area contributed by atoms with Gasteiger partial charge in [-0.15, -0.1) is 0 Å². The summed E-state index contributed by atoms with van der Waals surface area (Å²) >= 11 is 7.20. The van der Waals surface area contributed by atoms with Gasteiger partial charge in [0.15, 0.2) is 5.17 Å².